The second-order valence-electron chi connectivity index (χ2n) is 5.95. The molecule has 0 radical (unpaired) electrons. The van der Waals surface area contributed by atoms with Crippen LogP contribution in [-0.2, 0) is 20.9 Å². The summed E-state index contributed by atoms with van der Waals surface area (Å²) in [5.41, 5.74) is 1.07. The first-order chi connectivity index (χ1) is 11.6. The topological polar surface area (TPSA) is 68.6 Å². The standard InChI is InChI=1S/C18H20N2O4/c1-24-16(21)12-20-11-14(13-7-3-4-8-15(13)20)17(22)18(23)19-9-5-2-6-10-19/h3-4,7-8,11H,2,5-6,9-10,12H2,1H3. The number of carbonyl (C=O) groups excluding carboxylic acids is 3. The molecule has 0 N–H and O–H groups in total. The summed E-state index contributed by atoms with van der Waals surface area (Å²) in [6.07, 6.45) is 4.54. The molecule has 1 aromatic carbocycles. The minimum atomic E-state index is -0.517. The number of methoxy groups -OCH3 is 1. The van der Waals surface area contributed by atoms with Gasteiger partial charge in [-0.05, 0) is 25.3 Å². The quantitative estimate of drug-likeness (QED) is 0.489. The fourth-order valence-electron chi connectivity index (χ4n) is 3.12. The number of Topliss-reactive ketones (excluding diaryl/α,β-unsaturated/α-hetero) is 1. The molecule has 0 saturated carbocycles. The highest BCUT2D eigenvalue weighted by Crippen LogP contribution is 2.23. The number of esters is 1. The highest BCUT2D eigenvalue weighted by molar-refractivity contribution is 6.44. The van der Waals surface area contributed by atoms with Crippen molar-refractivity contribution in [1.29, 1.82) is 0 Å². The molecule has 6 nitrogen and oxygen atoms in total. The number of amides is 1. The first-order valence-corrected chi connectivity index (χ1v) is 8.10. The third-order valence-electron chi connectivity index (χ3n) is 4.40. The van der Waals surface area contributed by atoms with Crippen LogP contribution in [0.4, 0.5) is 0 Å². The minimum Gasteiger partial charge on any atom is -0.468 e. The molecule has 0 atom stereocenters. The van der Waals surface area contributed by atoms with Crippen molar-refractivity contribution in [3.8, 4) is 0 Å². The maximum Gasteiger partial charge on any atom is 0.325 e. The molecule has 1 aliphatic rings. The van der Waals surface area contributed by atoms with Gasteiger partial charge in [-0.15, -0.1) is 0 Å². The Labute approximate surface area is 140 Å². The average Bonchev–Trinajstić information content (AvgIpc) is 2.99. The number of piperidine rings is 1. The second-order valence-corrected chi connectivity index (χ2v) is 5.95. The Morgan fingerprint density at radius 2 is 1.79 bits per heavy atom. The predicted octanol–water partition coefficient (Wildman–Crippen LogP) is 2.01. The largest absolute Gasteiger partial charge is 0.468 e. The molecule has 0 spiro atoms. The number of ether oxygens (including phenoxy) is 1. The smallest absolute Gasteiger partial charge is 0.325 e. The van der Waals surface area contributed by atoms with E-state index in [9.17, 15) is 14.4 Å². The monoisotopic (exact) mass is 328 g/mol. The Balaban J connectivity index is 1.94. The molecule has 1 amide bonds. The van der Waals surface area contributed by atoms with E-state index in [0.717, 1.165) is 24.8 Å². The van der Waals surface area contributed by atoms with Crippen molar-refractivity contribution in [2.75, 3.05) is 20.2 Å². The molecule has 126 valence electrons. The number of rotatable bonds is 4. The molecule has 0 aliphatic carbocycles. The number of carbonyl (C=O) groups is 3. The van der Waals surface area contributed by atoms with E-state index in [1.54, 1.807) is 21.7 Å². The molecule has 1 saturated heterocycles. The molecular weight excluding hydrogens is 308 g/mol. The van der Waals surface area contributed by atoms with E-state index < -0.39 is 17.7 Å². The third-order valence-corrected chi connectivity index (χ3v) is 4.40. The summed E-state index contributed by atoms with van der Waals surface area (Å²) in [6, 6.07) is 7.25. The van der Waals surface area contributed by atoms with Crippen molar-refractivity contribution in [1.82, 2.24) is 9.47 Å². The lowest BCUT2D eigenvalue weighted by molar-refractivity contribution is -0.141. The molecule has 0 bridgehead atoms. The van der Waals surface area contributed by atoms with Crippen molar-refractivity contribution >= 4 is 28.6 Å². The van der Waals surface area contributed by atoms with Gasteiger partial charge in [-0.1, -0.05) is 18.2 Å². The lowest BCUT2D eigenvalue weighted by Gasteiger charge is -2.25. The van der Waals surface area contributed by atoms with Crippen LogP contribution in [-0.4, -0.2) is 47.3 Å². The van der Waals surface area contributed by atoms with E-state index in [4.69, 9.17) is 4.74 Å². The van der Waals surface area contributed by atoms with E-state index in [1.807, 2.05) is 18.2 Å². The summed E-state index contributed by atoms with van der Waals surface area (Å²) < 4.78 is 6.35. The van der Waals surface area contributed by atoms with Crippen LogP contribution >= 0.6 is 0 Å². The first kappa shape index (κ1) is 16.2. The van der Waals surface area contributed by atoms with Crippen molar-refractivity contribution in [2.24, 2.45) is 0 Å². The number of benzene rings is 1. The van der Waals surface area contributed by atoms with Crippen LogP contribution < -0.4 is 0 Å². The molecule has 6 heteroatoms. The number of fused-ring (bicyclic) bond motifs is 1. The van der Waals surface area contributed by atoms with Gasteiger partial charge in [0.05, 0.1) is 12.7 Å². The van der Waals surface area contributed by atoms with Gasteiger partial charge in [-0.25, -0.2) is 0 Å². The van der Waals surface area contributed by atoms with Gasteiger partial charge >= 0.3 is 5.97 Å². The van der Waals surface area contributed by atoms with Crippen molar-refractivity contribution in [3.63, 3.8) is 0 Å². The molecule has 2 heterocycles. The van der Waals surface area contributed by atoms with Crippen molar-refractivity contribution in [3.05, 3.63) is 36.0 Å². The molecule has 1 aliphatic heterocycles. The number of nitrogens with zero attached hydrogens (tertiary/aromatic N) is 2. The Bertz CT molecular complexity index is 787. The lowest BCUT2D eigenvalue weighted by atomic mass is 10.1. The Morgan fingerprint density at radius 3 is 2.50 bits per heavy atom. The van der Waals surface area contributed by atoms with E-state index in [2.05, 4.69) is 0 Å². The number of aromatic nitrogens is 1. The Hall–Kier alpha value is -2.63. The summed E-state index contributed by atoms with van der Waals surface area (Å²) in [5, 5.41) is 0.678. The zero-order valence-corrected chi connectivity index (χ0v) is 13.7. The average molecular weight is 328 g/mol. The van der Waals surface area contributed by atoms with Gasteiger partial charge in [-0.2, -0.15) is 0 Å². The number of para-hydroxylation sites is 1. The maximum absolute atomic E-state index is 12.7. The molecule has 0 unspecified atom stereocenters. The van der Waals surface area contributed by atoms with E-state index in [1.165, 1.54) is 7.11 Å². The van der Waals surface area contributed by atoms with Gasteiger partial charge in [0.25, 0.3) is 11.7 Å². The zero-order chi connectivity index (χ0) is 17.1. The number of ketones is 1. The maximum atomic E-state index is 12.7. The van der Waals surface area contributed by atoms with Crippen molar-refractivity contribution in [2.45, 2.75) is 25.8 Å². The molecule has 1 aromatic heterocycles. The number of hydrogen-bond donors (Lipinski definition) is 0. The fourth-order valence-corrected chi connectivity index (χ4v) is 3.12. The van der Waals surface area contributed by atoms with Crippen LogP contribution in [0.25, 0.3) is 10.9 Å². The summed E-state index contributed by atoms with van der Waals surface area (Å²) >= 11 is 0. The van der Waals surface area contributed by atoms with Gasteiger partial charge in [-0.3, -0.25) is 14.4 Å². The van der Waals surface area contributed by atoms with Gasteiger partial charge < -0.3 is 14.2 Å². The van der Waals surface area contributed by atoms with Crippen LogP contribution in [0, 0.1) is 0 Å². The van der Waals surface area contributed by atoms with E-state index in [0.29, 0.717) is 24.0 Å². The molecule has 1 fully saturated rings. The lowest BCUT2D eigenvalue weighted by Crippen LogP contribution is -2.40. The zero-order valence-electron chi connectivity index (χ0n) is 13.7. The summed E-state index contributed by atoms with van der Waals surface area (Å²) in [5.74, 6) is -1.38. The number of hydrogen-bond acceptors (Lipinski definition) is 4. The third kappa shape index (κ3) is 3.04. The minimum absolute atomic E-state index is 0.00218. The number of likely N-dealkylation sites (tertiary alicyclic amines) is 1. The van der Waals surface area contributed by atoms with Crippen LogP contribution in [0.1, 0.15) is 29.6 Å². The van der Waals surface area contributed by atoms with Crippen LogP contribution in [0.5, 0.6) is 0 Å². The van der Waals surface area contributed by atoms with Gasteiger partial charge in [0.15, 0.2) is 0 Å². The SMILES string of the molecule is COC(=O)Cn1cc(C(=O)C(=O)N2CCCCC2)c2ccccc21. The van der Waals surface area contributed by atoms with E-state index in [-0.39, 0.29) is 6.54 Å². The van der Waals surface area contributed by atoms with Crippen LogP contribution in [0.3, 0.4) is 0 Å². The van der Waals surface area contributed by atoms with Gasteiger partial charge in [0, 0.05) is 30.2 Å². The highest BCUT2D eigenvalue weighted by Gasteiger charge is 2.27. The molecular formula is C18H20N2O4. The van der Waals surface area contributed by atoms with Gasteiger partial charge in [0.1, 0.15) is 6.54 Å². The first-order valence-electron chi connectivity index (χ1n) is 8.10. The summed E-state index contributed by atoms with van der Waals surface area (Å²) in [4.78, 5) is 38.4. The predicted molar refractivity (Wildman–Crippen MR) is 88.7 cm³/mol. The molecule has 3 rings (SSSR count). The van der Waals surface area contributed by atoms with Crippen LogP contribution in [0.15, 0.2) is 30.5 Å². The summed E-state index contributed by atoms with van der Waals surface area (Å²) in [7, 11) is 1.32. The molecule has 2 aromatic rings. The van der Waals surface area contributed by atoms with Gasteiger partial charge in [0.2, 0.25) is 0 Å². The second kappa shape index (κ2) is 6.86. The normalized spacial score (nSPS) is 14.6. The van der Waals surface area contributed by atoms with Crippen LogP contribution in [0.2, 0.25) is 0 Å². The fraction of sp³-hybridized carbons (Fsp3) is 0.389. The Morgan fingerprint density at radius 1 is 1.08 bits per heavy atom. The summed E-state index contributed by atoms with van der Waals surface area (Å²) in [6.45, 7) is 1.26. The molecule has 24 heavy (non-hydrogen) atoms. The van der Waals surface area contributed by atoms with E-state index >= 15 is 0 Å². The van der Waals surface area contributed by atoms with Crippen molar-refractivity contribution < 1.29 is 19.1 Å². The highest BCUT2D eigenvalue weighted by atomic mass is 16.5. The Kier molecular flexibility index (Phi) is 4.64.